The van der Waals surface area contributed by atoms with Crippen LogP contribution in [0.25, 0.3) is 0 Å². The third kappa shape index (κ3) is 4.58. The zero-order valence-electron chi connectivity index (χ0n) is 15.0. The third-order valence-corrected chi connectivity index (χ3v) is 7.56. The van der Waals surface area contributed by atoms with Crippen LogP contribution in [0.2, 0.25) is 0 Å². The van der Waals surface area contributed by atoms with Crippen LogP contribution in [0.4, 0.5) is 0 Å². The lowest BCUT2D eigenvalue weighted by atomic mass is 10.2. The van der Waals surface area contributed by atoms with Gasteiger partial charge < -0.3 is 0 Å². The second-order valence-corrected chi connectivity index (χ2v) is 9.99. The molecule has 28 heavy (non-hydrogen) atoms. The number of piperidine rings is 1. The zero-order chi connectivity index (χ0) is 20.2. The summed E-state index contributed by atoms with van der Waals surface area (Å²) in [6.07, 6.45) is 2.61. The van der Waals surface area contributed by atoms with E-state index in [1.807, 2.05) is 4.83 Å². The number of rotatable bonds is 6. The Morgan fingerprint density at radius 2 is 1.46 bits per heavy atom. The fourth-order valence-corrected chi connectivity index (χ4v) is 5.32. The van der Waals surface area contributed by atoms with Crippen LogP contribution >= 0.6 is 0 Å². The predicted molar refractivity (Wildman–Crippen MR) is 103 cm³/mol. The minimum Gasteiger partial charge on any atom is -0.273 e. The summed E-state index contributed by atoms with van der Waals surface area (Å²) in [5.74, 6) is -0.754. The maximum Gasteiger partial charge on any atom is 0.266 e. The summed E-state index contributed by atoms with van der Waals surface area (Å²) in [4.78, 5) is 14.3. The summed E-state index contributed by atoms with van der Waals surface area (Å²) < 4.78 is 51.2. The van der Waals surface area contributed by atoms with Crippen molar-refractivity contribution in [2.45, 2.75) is 29.1 Å². The van der Waals surface area contributed by atoms with E-state index in [1.54, 1.807) is 18.2 Å². The molecule has 1 fully saturated rings. The molecule has 0 aliphatic carbocycles. The van der Waals surface area contributed by atoms with E-state index in [0.717, 1.165) is 19.3 Å². The van der Waals surface area contributed by atoms with Crippen LogP contribution in [-0.4, -0.2) is 40.1 Å². The van der Waals surface area contributed by atoms with Crippen molar-refractivity contribution in [3.63, 3.8) is 0 Å². The van der Waals surface area contributed by atoms with E-state index in [-0.39, 0.29) is 15.4 Å². The van der Waals surface area contributed by atoms with Crippen LogP contribution < -0.4 is 10.3 Å². The Bertz CT molecular complexity index is 1050. The molecule has 150 valence electrons. The molecule has 0 aromatic heterocycles. The van der Waals surface area contributed by atoms with Crippen molar-refractivity contribution < 1.29 is 21.6 Å². The summed E-state index contributed by atoms with van der Waals surface area (Å²) in [5, 5.41) is 0. The Balaban J connectivity index is 1.74. The van der Waals surface area contributed by atoms with Gasteiger partial charge in [0, 0.05) is 18.7 Å². The molecule has 1 aliphatic rings. The number of sulfonamides is 2. The highest BCUT2D eigenvalue weighted by Crippen LogP contribution is 2.21. The van der Waals surface area contributed by atoms with Gasteiger partial charge in [-0.05, 0) is 43.2 Å². The standard InChI is InChI=1S/C18H21N3O5S2/c22-18(19-20-27(23,24)16-9-3-1-4-10-16)15-8-7-11-17(14-15)28(25,26)21-12-5-2-6-13-21/h1,3-4,7-11,14,20H,2,5-6,12-13H2,(H,19,22). The second kappa shape index (κ2) is 8.39. The van der Waals surface area contributed by atoms with E-state index < -0.39 is 26.0 Å². The van der Waals surface area contributed by atoms with Crippen molar-refractivity contribution in [2.75, 3.05) is 13.1 Å². The monoisotopic (exact) mass is 423 g/mol. The number of carbonyl (C=O) groups excluding carboxylic acids is 1. The number of hydrazine groups is 1. The smallest absolute Gasteiger partial charge is 0.266 e. The van der Waals surface area contributed by atoms with Gasteiger partial charge in [0.1, 0.15) is 0 Å². The highest BCUT2D eigenvalue weighted by molar-refractivity contribution is 7.89. The molecule has 0 bridgehead atoms. The van der Waals surface area contributed by atoms with Gasteiger partial charge in [-0.2, -0.15) is 4.31 Å². The molecule has 1 saturated heterocycles. The van der Waals surface area contributed by atoms with Crippen LogP contribution in [0, 0.1) is 0 Å². The van der Waals surface area contributed by atoms with Gasteiger partial charge in [0.25, 0.3) is 15.9 Å². The number of nitrogens with zero attached hydrogens (tertiary/aromatic N) is 1. The summed E-state index contributed by atoms with van der Waals surface area (Å²) in [6.45, 7) is 0.908. The van der Waals surface area contributed by atoms with E-state index in [1.165, 1.54) is 40.7 Å². The predicted octanol–water partition coefficient (Wildman–Crippen LogP) is 1.48. The molecule has 0 atom stereocenters. The van der Waals surface area contributed by atoms with E-state index >= 15 is 0 Å². The van der Waals surface area contributed by atoms with Crippen molar-refractivity contribution in [3.8, 4) is 0 Å². The number of amides is 1. The number of benzene rings is 2. The van der Waals surface area contributed by atoms with Crippen LogP contribution in [-0.2, 0) is 20.0 Å². The van der Waals surface area contributed by atoms with Crippen LogP contribution in [0.1, 0.15) is 29.6 Å². The van der Waals surface area contributed by atoms with E-state index in [2.05, 4.69) is 5.43 Å². The van der Waals surface area contributed by atoms with Crippen LogP contribution in [0.15, 0.2) is 64.4 Å². The van der Waals surface area contributed by atoms with E-state index in [9.17, 15) is 21.6 Å². The van der Waals surface area contributed by atoms with Crippen LogP contribution in [0.5, 0.6) is 0 Å². The summed E-state index contributed by atoms with van der Waals surface area (Å²) in [6, 6.07) is 13.1. The third-order valence-electron chi connectivity index (χ3n) is 4.40. The lowest BCUT2D eigenvalue weighted by molar-refractivity contribution is 0.0945. The molecule has 1 heterocycles. The Hall–Kier alpha value is -2.27. The molecule has 1 amide bonds. The average Bonchev–Trinajstić information content (AvgIpc) is 2.73. The average molecular weight is 424 g/mol. The lowest BCUT2D eigenvalue weighted by Crippen LogP contribution is -2.41. The van der Waals surface area contributed by atoms with Gasteiger partial charge in [0.2, 0.25) is 10.0 Å². The Labute approximate surface area is 164 Å². The van der Waals surface area contributed by atoms with Crippen molar-refractivity contribution in [1.82, 2.24) is 14.6 Å². The highest BCUT2D eigenvalue weighted by Gasteiger charge is 2.26. The molecule has 1 aliphatic heterocycles. The summed E-state index contributed by atoms with van der Waals surface area (Å²) in [5.41, 5.74) is 2.15. The zero-order valence-corrected chi connectivity index (χ0v) is 16.7. The molecular formula is C18H21N3O5S2. The largest absolute Gasteiger partial charge is 0.273 e. The van der Waals surface area contributed by atoms with Crippen molar-refractivity contribution in [3.05, 3.63) is 60.2 Å². The number of nitrogens with one attached hydrogen (secondary N) is 2. The molecule has 0 saturated carbocycles. The first-order valence-corrected chi connectivity index (χ1v) is 11.7. The molecule has 2 aromatic rings. The van der Waals surface area contributed by atoms with Gasteiger partial charge in [-0.3, -0.25) is 10.2 Å². The maximum absolute atomic E-state index is 12.7. The fourth-order valence-electron chi connectivity index (χ4n) is 2.90. The topological polar surface area (TPSA) is 113 Å². The molecule has 0 radical (unpaired) electrons. The maximum atomic E-state index is 12.7. The molecule has 0 spiro atoms. The molecule has 8 nitrogen and oxygen atoms in total. The number of carbonyl (C=O) groups is 1. The minimum absolute atomic E-state index is 0.00303. The van der Waals surface area contributed by atoms with Crippen molar-refractivity contribution >= 4 is 26.0 Å². The number of hydrogen-bond acceptors (Lipinski definition) is 5. The molecule has 10 heteroatoms. The molecule has 0 unspecified atom stereocenters. The number of hydrogen-bond donors (Lipinski definition) is 2. The summed E-state index contributed by atoms with van der Waals surface area (Å²) in [7, 11) is -7.62. The quantitative estimate of drug-likeness (QED) is 0.684. The Morgan fingerprint density at radius 1 is 0.821 bits per heavy atom. The van der Waals surface area contributed by atoms with Gasteiger partial charge in [0.05, 0.1) is 9.79 Å². The van der Waals surface area contributed by atoms with Crippen molar-refractivity contribution in [1.29, 1.82) is 0 Å². The lowest BCUT2D eigenvalue weighted by Gasteiger charge is -2.26. The summed E-state index contributed by atoms with van der Waals surface area (Å²) >= 11 is 0. The van der Waals surface area contributed by atoms with Gasteiger partial charge in [0.15, 0.2) is 0 Å². The second-order valence-electron chi connectivity index (χ2n) is 6.37. The van der Waals surface area contributed by atoms with Gasteiger partial charge in [-0.1, -0.05) is 30.7 Å². The molecule has 3 rings (SSSR count). The van der Waals surface area contributed by atoms with Gasteiger partial charge >= 0.3 is 0 Å². The fraction of sp³-hybridized carbons (Fsp3) is 0.278. The molecule has 2 N–H and O–H groups in total. The highest BCUT2D eigenvalue weighted by atomic mass is 32.2. The van der Waals surface area contributed by atoms with E-state index in [0.29, 0.717) is 13.1 Å². The van der Waals surface area contributed by atoms with Gasteiger partial charge in [-0.25, -0.2) is 16.8 Å². The Morgan fingerprint density at radius 3 is 2.14 bits per heavy atom. The first-order chi connectivity index (χ1) is 13.3. The van der Waals surface area contributed by atoms with Crippen molar-refractivity contribution in [2.24, 2.45) is 0 Å². The SMILES string of the molecule is O=C(NNS(=O)(=O)c1ccccc1)c1cccc(S(=O)(=O)N2CCCCC2)c1. The molecular weight excluding hydrogens is 402 g/mol. The van der Waals surface area contributed by atoms with Crippen LogP contribution in [0.3, 0.4) is 0 Å². The first kappa shape index (κ1) is 20.5. The normalized spacial score (nSPS) is 15.9. The minimum atomic E-state index is -3.93. The van der Waals surface area contributed by atoms with E-state index in [4.69, 9.17) is 0 Å². The Kier molecular flexibility index (Phi) is 6.14. The molecule has 2 aromatic carbocycles. The first-order valence-electron chi connectivity index (χ1n) is 8.78. The van der Waals surface area contributed by atoms with Gasteiger partial charge in [-0.15, -0.1) is 4.83 Å².